The molecule has 624 valence electrons. The molecule has 26 heteroatoms. The Kier molecular flexibility index (Phi) is 42.7. The summed E-state index contributed by atoms with van der Waals surface area (Å²) in [6, 6.07) is 53.9. The number of rotatable bonds is 21. The van der Waals surface area contributed by atoms with Gasteiger partial charge in [0, 0.05) is 37.9 Å². The van der Waals surface area contributed by atoms with Crippen LogP contribution in [0.25, 0.3) is 6.08 Å². The van der Waals surface area contributed by atoms with Crippen LogP contribution in [0.3, 0.4) is 0 Å². The summed E-state index contributed by atoms with van der Waals surface area (Å²) in [5, 5.41) is 54.1. The van der Waals surface area contributed by atoms with Gasteiger partial charge in [-0.05, 0) is 188 Å². The van der Waals surface area contributed by atoms with Crippen molar-refractivity contribution in [3.05, 3.63) is 284 Å². The predicted octanol–water partition coefficient (Wildman–Crippen LogP) is 16.9. The number of aryl methyl sites for hydroxylation is 1. The number of methoxy groups -OCH3 is 6. The number of aliphatic hydroxyl groups is 2. The molecule has 8 atom stereocenters. The number of fused-ring (bicyclic) bond motifs is 3. The lowest BCUT2D eigenvalue weighted by atomic mass is 9.93. The molecule has 6 N–H and O–H groups in total. The number of Topliss-reactive ketones (excluding diaryl/α,β-unsaturated/α-hetero) is 1. The Balaban J connectivity index is 0.000000282. The number of ether oxygens (including phenoxy) is 6. The monoisotopic (exact) mass is 1800 g/mol. The van der Waals surface area contributed by atoms with Gasteiger partial charge in [-0.2, -0.15) is 0 Å². The van der Waals surface area contributed by atoms with Crippen molar-refractivity contribution >= 4 is 119 Å². The molecule has 0 bridgehead atoms. The van der Waals surface area contributed by atoms with E-state index in [-0.39, 0.29) is 84.2 Å². The van der Waals surface area contributed by atoms with Gasteiger partial charge in [0.1, 0.15) is 0 Å². The maximum Gasteiger partial charge on any atom is 0.328 e. The number of carbonyl (C=O) groups excluding carboxylic acids is 7. The van der Waals surface area contributed by atoms with Gasteiger partial charge in [0.15, 0.2) is 5.78 Å². The minimum Gasteiger partial charge on any atom is -0.481 e. The average Bonchev–Trinajstić information content (AvgIpc) is 1.68. The largest absolute Gasteiger partial charge is 0.481 e. The zero-order valence-corrected chi connectivity index (χ0v) is 72.1. The lowest BCUT2D eigenvalue weighted by molar-refractivity contribution is -0.142. The second-order valence-corrected chi connectivity index (χ2v) is 29.5. The number of carboxylic acid groups (broad SMARTS) is 4. The predicted molar refractivity (Wildman–Crippen MR) is 452 cm³/mol. The summed E-state index contributed by atoms with van der Waals surface area (Å²) in [7, 11) is 8.24. The summed E-state index contributed by atoms with van der Waals surface area (Å²) in [4.78, 5) is 122. The van der Waals surface area contributed by atoms with Gasteiger partial charge in [-0.3, -0.25) is 47.9 Å². The van der Waals surface area contributed by atoms with Crippen LogP contribution in [0.5, 0.6) is 0 Å². The van der Waals surface area contributed by atoms with Gasteiger partial charge in [-0.25, -0.2) is 4.79 Å². The van der Waals surface area contributed by atoms with Gasteiger partial charge in [-0.15, -0.1) is 0 Å². The first-order chi connectivity index (χ1) is 55.6. The fourth-order valence-electron chi connectivity index (χ4n) is 12.9. The molecule has 0 spiro atoms. The lowest BCUT2D eigenvalue weighted by Crippen LogP contribution is -2.13. The molecule has 23 nitrogen and oxygen atoms in total. The highest BCUT2D eigenvalue weighted by Crippen LogP contribution is 2.38. The van der Waals surface area contributed by atoms with Gasteiger partial charge >= 0.3 is 59.7 Å². The van der Waals surface area contributed by atoms with E-state index in [1.54, 1.807) is 51.1 Å². The molecule has 0 heterocycles. The van der Waals surface area contributed by atoms with Gasteiger partial charge < -0.3 is 59.1 Å². The molecule has 8 aromatic carbocycles. The topological polar surface area (TPSA) is 365 Å². The molecule has 3 aliphatic carbocycles. The second-order valence-electron chi connectivity index (χ2n) is 26.9. The van der Waals surface area contributed by atoms with E-state index < -0.39 is 41.8 Å². The number of hydrogen-bond donors (Lipinski definition) is 6. The van der Waals surface area contributed by atoms with E-state index in [1.807, 2.05) is 166 Å². The fourth-order valence-corrected chi connectivity index (χ4v) is 14.3. The van der Waals surface area contributed by atoms with Crippen molar-refractivity contribution in [2.24, 2.45) is 0 Å². The highest BCUT2D eigenvalue weighted by molar-refractivity contribution is 9.11. The van der Waals surface area contributed by atoms with Crippen molar-refractivity contribution < 1.29 is 112 Å². The smallest absolute Gasteiger partial charge is 0.328 e. The van der Waals surface area contributed by atoms with Crippen molar-refractivity contribution in [1.29, 1.82) is 0 Å². The quantitative estimate of drug-likeness (QED) is 0.0221. The molecule has 117 heavy (non-hydrogen) atoms. The van der Waals surface area contributed by atoms with Gasteiger partial charge in [0.25, 0.3) is 0 Å². The molecule has 11 rings (SSSR count). The molecule has 0 radical (unpaired) electrons. The number of aliphatic carboxylic acids is 4. The summed E-state index contributed by atoms with van der Waals surface area (Å²) in [5.41, 5.74) is 14.4. The van der Waals surface area contributed by atoms with Crippen LogP contribution in [0.4, 0.5) is 0 Å². The number of esters is 6. The number of aliphatic hydroxyl groups excluding tert-OH is 2. The third-order valence-corrected chi connectivity index (χ3v) is 21.7. The number of carbonyl (C=O) groups is 11. The minimum atomic E-state index is -1.02. The van der Waals surface area contributed by atoms with E-state index in [9.17, 15) is 63.0 Å². The molecule has 8 aromatic rings. The Morgan fingerprint density at radius 1 is 0.385 bits per heavy atom. The third kappa shape index (κ3) is 30.7. The zero-order valence-electron chi connectivity index (χ0n) is 67.3. The number of hydrogen-bond acceptors (Lipinski definition) is 19. The van der Waals surface area contributed by atoms with Crippen molar-refractivity contribution in [2.45, 2.75) is 153 Å². The maximum absolute atomic E-state index is 11.6. The summed E-state index contributed by atoms with van der Waals surface area (Å²) in [6.45, 7) is 10.6. The van der Waals surface area contributed by atoms with E-state index in [2.05, 4.69) is 62.0 Å². The molecule has 0 fully saturated rings. The summed E-state index contributed by atoms with van der Waals surface area (Å²) in [6.07, 6.45) is 6.97. The van der Waals surface area contributed by atoms with Crippen LogP contribution in [0, 0.1) is 0 Å². The molecule has 0 saturated carbocycles. The van der Waals surface area contributed by atoms with Crippen LogP contribution in [-0.2, 0) is 115 Å². The maximum atomic E-state index is 11.6. The SMILES string of the molecule is CC(C(=O)O)c1cccc2c1CCC2O.COC(=O)C(C)c1cccc2c1CCC2=O.COC(=O)C(C)c1cccc2c1CCC2O.COC(=O)C(C)c1ccccc1/C=C/C(=O)O.COC(=O)C(C)c1ccccc1Br.COC(=O)C(C)c1ccccc1CCC(=O)O.COC(=O)Cc1ccccc1Br.O=C(O)Cc1ccccc1Br. The Morgan fingerprint density at radius 2 is 0.752 bits per heavy atom. The van der Waals surface area contributed by atoms with Crippen LogP contribution in [-0.4, -0.2) is 139 Å². The Labute approximate surface area is 707 Å². The lowest BCUT2D eigenvalue weighted by Gasteiger charge is -2.14. The van der Waals surface area contributed by atoms with Crippen LogP contribution < -0.4 is 0 Å². The minimum absolute atomic E-state index is 0.0604. The van der Waals surface area contributed by atoms with E-state index in [0.717, 1.165) is 129 Å². The molecule has 3 aliphatic rings. The van der Waals surface area contributed by atoms with E-state index in [0.29, 0.717) is 31.2 Å². The molecule has 0 saturated heterocycles. The molecule has 0 aliphatic heterocycles. The average molecular weight is 1800 g/mol. The van der Waals surface area contributed by atoms with Gasteiger partial charge in [0.05, 0.1) is 103 Å². The molecular formula is C91H101Br3O23. The highest BCUT2D eigenvalue weighted by Gasteiger charge is 2.30. The molecule has 8 unspecified atom stereocenters. The number of carboxylic acids is 4. The van der Waals surface area contributed by atoms with E-state index in [4.69, 9.17) is 34.6 Å². The second kappa shape index (κ2) is 50.7. The molecule has 0 aromatic heterocycles. The summed E-state index contributed by atoms with van der Waals surface area (Å²) < 4.78 is 30.8. The standard InChI is InChI=1S/C13H16O4.C13H14O4.C13H16O3.C13H14O3.C12H14O3.C10H11BrO2.C9H9BrO2.C8H7BrO2/c2*1-9(13(16)17-2)11-6-4-3-5-10(11)7-8-12(14)15;2*1-8(13(15)16-2)9-4-3-5-11-10(9)6-7-12(11)14;1-7(12(14)15)8-3-2-4-10-9(8)5-6-11(10)13;1-7(10(12)13-2)8-5-3-4-6-9(8)11;1-12-9(11)6-7-4-2-3-5-8(7)10;9-7-4-2-1-3-6(7)5-8(10)11/h3-6,9H,7-8H2,1-2H3,(H,14,15);3-9H,1-2H3,(H,14,15);3-5,8,12,14H,6-7H2,1-2H3;3-5,8H,6-7H2,1-2H3;2-4,7,11,13H,5-6H2,1H3,(H,14,15);3-7H,1-2H3;2-5H,6H2,1H3;1-4H,5H2,(H,10,11)/b;8-7+;;;;;;. The van der Waals surface area contributed by atoms with Crippen LogP contribution in [0.1, 0.15) is 209 Å². The Bertz CT molecular complexity index is 4740. The molecule has 0 amide bonds. The van der Waals surface area contributed by atoms with Crippen molar-refractivity contribution in [3.63, 3.8) is 0 Å². The third-order valence-electron chi connectivity index (χ3n) is 19.4. The van der Waals surface area contributed by atoms with Crippen molar-refractivity contribution in [1.82, 2.24) is 0 Å². The first kappa shape index (κ1) is 98.6. The van der Waals surface area contributed by atoms with E-state index >= 15 is 0 Å². The van der Waals surface area contributed by atoms with E-state index in [1.165, 1.54) is 48.7 Å². The highest BCUT2D eigenvalue weighted by atomic mass is 79.9. The van der Waals surface area contributed by atoms with Crippen LogP contribution in [0.2, 0.25) is 0 Å². The normalized spacial score (nSPS) is 14.4. The molecular weight excluding hydrogens is 1700 g/mol. The first-order valence-corrected chi connectivity index (χ1v) is 39.7. The van der Waals surface area contributed by atoms with Crippen LogP contribution in [0.15, 0.2) is 195 Å². The fraction of sp³-hybridized carbons (Fsp3) is 0.330. The number of halogens is 3. The summed E-state index contributed by atoms with van der Waals surface area (Å²) in [5.74, 6) is -6.96. The first-order valence-electron chi connectivity index (χ1n) is 37.3. The number of benzene rings is 8. The Hall–Kier alpha value is -10.8. The van der Waals surface area contributed by atoms with Crippen molar-refractivity contribution in [3.8, 4) is 0 Å². The number of ketones is 1. The Morgan fingerprint density at radius 3 is 1.18 bits per heavy atom. The van der Waals surface area contributed by atoms with Gasteiger partial charge in [-0.1, -0.05) is 206 Å². The van der Waals surface area contributed by atoms with Gasteiger partial charge in [0.2, 0.25) is 0 Å². The zero-order chi connectivity index (χ0) is 87.2. The van der Waals surface area contributed by atoms with Crippen LogP contribution >= 0.6 is 47.8 Å². The summed E-state index contributed by atoms with van der Waals surface area (Å²) >= 11 is 9.99. The van der Waals surface area contributed by atoms with Crippen molar-refractivity contribution in [2.75, 3.05) is 42.7 Å².